The third-order valence-corrected chi connectivity index (χ3v) is 7.76. The van der Waals surface area contributed by atoms with Crippen LogP contribution in [0.4, 0.5) is 4.79 Å². The van der Waals surface area contributed by atoms with Crippen LogP contribution in [0.25, 0.3) is 27.6 Å². The number of hydrogen-bond acceptors (Lipinski definition) is 5. The van der Waals surface area contributed by atoms with Gasteiger partial charge in [0, 0.05) is 0 Å². The molecule has 1 heterocycles. The average molecular weight is 546 g/mol. The van der Waals surface area contributed by atoms with Gasteiger partial charge in [0.05, 0.1) is 18.1 Å². The zero-order valence-electron chi connectivity index (χ0n) is 22.0. The molecule has 0 saturated carbocycles. The summed E-state index contributed by atoms with van der Waals surface area (Å²) in [6, 6.07) is 34.0. The number of imide groups is 1. The molecule has 198 valence electrons. The van der Waals surface area contributed by atoms with Crippen molar-refractivity contribution in [1.29, 1.82) is 0 Å². The monoisotopic (exact) mass is 545 g/mol. The minimum atomic E-state index is -0.294. The molecule has 1 fully saturated rings. The second kappa shape index (κ2) is 11.3. The summed E-state index contributed by atoms with van der Waals surface area (Å²) >= 11 is 0.960. The Balaban J connectivity index is 1.20. The Hall–Kier alpha value is -4.55. The van der Waals surface area contributed by atoms with Crippen molar-refractivity contribution in [2.75, 3.05) is 6.61 Å². The van der Waals surface area contributed by atoms with E-state index in [4.69, 9.17) is 9.47 Å². The Bertz CT molecular complexity index is 1770. The number of thioether (sulfide) groups is 1. The Morgan fingerprint density at radius 3 is 2.38 bits per heavy atom. The van der Waals surface area contributed by atoms with Crippen LogP contribution in [0.15, 0.2) is 108 Å². The van der Waals surface area contributed by atoms with Crippen molar-refractivity contribution < 1.29 is 19.1 Å². The Morgan fingerprint density at radius 2 is 1.52 bits per heavy atom. The summed E-state index contributed by atoms with van der Waals surface area (Å²) in [6.07, 6.45) is 1.74. The lowest BCUT2D eigenvalue weighted by atomic mass is 10.0. The summed E-state index contributed by atoms with van der Waals surface area (Å²) < 4.78 is 12.0. The molecule has 0 atom stereocenters. The molecule has 6 heteroatoms. The van der Waals surface area contributed by atoms with Gasteiger partial charge in [-0.05, 0) is 81.2 Å². The van der Waals surface area contributed by atoms with Crippen molar-refractivity contribution in [2.45, 2.75) is 20.1 Å². The summed E-state index contributed by atoms with van der Waals surface area (Å²) in [5.74, 6) is 0.917. The zero-order valence-corrected chi connectivity index (χ0v) is 22.8. The lowest BCUT2D eigenvalue weighted by molar-refractivity contribution is -0.123. The second-order valence-electron chi connectivity index (χ2n) is 9.52. The van der Waals surface area contributed by atoms with Gasteiger partial charge in [-0.3, -0.25) is 14.5 Å². The average Bonchev–Trinajstić information content (AvgIpc) is 3.24. The maximum absolute atomic E-state index is 13.3. The number of carbonyl (C=O) groups is 2. The van der Waals surface area contributed by atoms with Crippen molar-refractivity contribution in [3.8, 4) is 11.5 Å². The minimum Gasteiger partial charge on any atom is -0.490 e. The highest BCUT2D eigenvalue weighted by atomic mass is 32.2. The number of carbonyl (C=O) groups excluding carboxylic acids is 2. The second-order valence-corrected chi connectivity index (χ2v) is 10.5. The standard InChI is InChI=1S/C34H27NO4S/c1-2-38-31-19-23(15-17-30(31)39-22-24-14-16-25-8-3-4-10-27(25)18-24)20-32-33(36)35(34(37)40-32)21-28-12-7-11-26-9-5-6-13-29(26)28/h3-20H,2,21-22H2,1H3/b32-20-. The fourth-order valence-electron chi connectivity index (χ4n) is 4.88. The molecule has 0 bridgehead atoms. The van der Waals surface area contributed by atoms with Crippen molar-refractivity contribution in [3.05, 3.63) is 125 Å². The SMILES string of the molecule is CCOc1cc(/C=C2\SC(=O)N(Cc3cccc4ccccc34)C2=O)ccc1OCc1ccc2ccccc2c1. The van der Waals surface area contributed by atoms with Crippen LogP contribution in [0.5, 0.6) is 11.5 Å². The number of nitrogens with zero attached hydrogens (tertiary/aromatic N) is 1. The third kappa shape index (κ3) is 5.31. The van der Waals surface area contributed by atoms with Crippen LogP contribution in [0.1, 0.15) is 23.6 Å². The van der Waals surface area contributed by atoms with E-state index in [1.54, 1.807) is 6.08 Å². The van der Waals surface area contributed by atoms with Gasteiger partial charge in [-0.1, -0.05) is 84.9 Å². The Kier molecular flexibility index (Phi) is 7.25. The van der Waals surface area contributed by atoms with Crippen molar-refractivity contribution >= 4 is 50.5 Å². The van der Waals surface area contributed by atoms with Gasteiger partial charge < -0.3 is 9.47 Å². The number of benzene rings is 5. The summed E-state index contributed by atoms with van der Waals surface area (Å²) in [5, 5.41) is 4.19. The number of rotatable bonds is 8. The summed E-state index contributed by atoms with van der Waals surface area (Å²) in [4.78, 5) is 27.8. The fourth-order valence-corrected chi connectivity index (χ4v) is 5.72. The Labute approximate surface area is 237 Å². The molecule has 0 radical (unpaired) electrons. The molecular weight excluding hydrogens is 518 g/mol. The van der Waals surface area contributed by atoms with E-state index >= 15 is 0 Å². The first-order valence-corrected chi connectivity index (χ1v) is 14.0. The summed E-state index contributed by atoms with van der Waals surface area (Å²) in [5.41, 5.74) is 2.76. The first-order valence-electron chi connectivity index (χ1n) is 13.2. The van der Waals surface area contributed by atoms with E-state index in [1.165, 1.54) is 15.7 Å². The van der Waals surface area contributed by atoms with E-state index in [9.17, 15) is 9.59 Å². The summed E-state index contributed by atoms with van der Waals surface area (Å²) in [6.45, 7) is 3.02. The molecule has 2 amide bonds. The van der Waals surface area contributed by atoms with Gasteiger partial charge in [-0.25, -0.2) is 0 Å². The van der Waals surface area contributed by atoms with Crippen LogP contribution >= 0.6 is 11.8 Å². The highest BCUT2D eigenvalue weighted by Gasteiger charge is 2.35. The molecule has 0 aliphatic carbocycles. The van der Waals surface area contributed by atoms with Crippen molar-refractivity contribution in [2.24, 2.45) is 0 Å². The number of ether oxygens (including phenoxy) is 2. The molecule has 6 rings (SSSR count). The molecule has 0 N–H and O–H groups in total. The fraction of sp³-hybridized carbons (Fsp3) is 0.118. The van der Waals surface area contributed by atoms with Crippen LogP contribution in [0.2, 0.25) is 0 Å². The number of hydrogen-bond donors (Lipinski definition) is 0. The van der Waals surface area contributed by atoms with E-state index in [-0.39, 0.29) is 17.7 Å². The first kappa shape index (κ1) is 25.7. The van der Waals surface area contributed by atoms with Crippen LogP contribution in [-0.2, 0) is 17.9 Å². The van der Waals surface area contributed by atoms with Crippen LogP contribution < -0.4 is 9.47 Å². The predicted octanol–water partition coefficient (Wildman–Crippen LogP) is 8.21. The molecule has 0 unspecified atom stereocenters. The molecule has 1 aliphatic heterocycles. The highest BCUT2D eigenvalue weighted by Crippen LogP contribution is 2.36. The zero-order chi connectivity index (χ0) is 27.5. The van der Waals surface area contributed by atoms with Crippen LogP contribution in [-0.4, -0.2) is 22.7 Å². The Morgan fingerprint density at radius 1 is 0.750 bits per heavy atom. The normalized spacial score (nSPS) is 14.4. The van der Waals surface area contributed by atoms with Crippen LogP contribution in [0, 0.1) is 0 Å². The molecule has 1 saturated heterocycles. The summed E-state index contributed by atoms with van der Waals surface area (Å²) in [7, 11) is 0. The van der Waals surface area contributed by atoms with Gasteiger partial charge in [-0.2, -0.15) is 0 Å². The van der Waals surface area contributed by atoms with E-state index in [0.29, 0.717) is 29.6 Å². The van der Waals surface area contributed by atoms with Gasteiger partial charge in [0.25, 0.3) is 11.1 Å². The quantitative estimate of drug-likeness (QED) is 0.184. The lowest BCUT2D eigenvalue weighted by Crippen LogP contribution is -2.27. The molecule has 40 heavy (non-hydrogen) atoms. The topological polar surface area (TPSA) is 55.8 Å². The van der Waals surface area contributed by atoms with Gasteiger partial charge in [-0.15, -0.1) is 0 Å². The maximum atomic E-state index is 13.3. The first-order chi connectivity index (χ1) is 19.6. The smallest absolute Gasteiger partial charge is 0.293 e. The number of fused-ring (bicyclic) bond motifs is 2. The molecule has 5 aromatic rings. The maximum Gasteiger partial charge on any atom is 0.293 e. The van der Waals surface area contributed by atoms with E-state index in [2.05, 4.69) is 30.3 Å². The molecule has 5 nitrogen and oxygen atoms in total. The molecule has 1 aliphatic rings. The number of amides is 2. The molecule has 5 aromatic carbocycles. The van der Waals surface area contributed by atoms with Crippen molar-refractivity contribution in [3.63, 3.8) is 0 Å². The predicted molar refractivity (Wildman–Crippen MR) is 161 cm³/mol. The van der Waals surface area contributed by atoms with Gasteiger partial charge in [0.15, 0.2) is 11.5 Å². The van der Waals surface area contributed by atoms with Gasteiger partial charge in [0.2, 0.25) is 0 Å². The van der Waals surface area contributed by atoms with Gasteiger partial charge >= 0.3 is 0 Å². The van der Waals surface area contributed by atoms with E-state index in [0.717, 1.165) is 39.2 Å². The van der Waals surface area contributed by atoms with Gasteiger partial charge in [0.1, 0.15) is 6.61 Å². The lowest BCUT2D eigenvalue weighted by Gasteiger charge is -2.14. The highest BCUT2D eigenvalue weighted by molar-refractivity contribution is 8.18. The van der Waals surface area contributed by atoms with E-state index in [1.807, 2.05) is 79.7 Å². The third-order valence-electron chi connectivity index (χ3n) is 6.86. The molecular formula is C34H27NO4S. The molecule has 0 spiro atoms. The molecule has 0 aromatic heterocycles. The van der Waals surface area contributed by atoms with Crippen molar-refractivity contribution in [1.82, 2.24) is 4.90 Å². The van der Waals surface area contributed by atoms with E-state index < -0.39 is 0 Å². The minimum absolute atomic E-state index is 0.231. The van der Waals surface area contributed by atoms with Crippen LogP contribution in [0.3, 0.4) is 0 Å². The largest absolute Gasteiger partial charge is 0.490 e.